The van der Waals surface area contributed by atoms with Gasteiger partial charge in [0.25, 0.3) is 0 Å². The smallest absolute Gasteiger partial charge is 0.223 e. The van der Waals surface area contributed by atoms with Gasteiger partial charge in [-0.2, -0.15) is 0 Å². The topological polar surface area (TPSA) is 41.1 Å². The highest BCUT2D eigenvalue weighted by molar-refractivity contribution is 5.79. The first-order chi connectivity index (χ1) is 9.88. The third kappa shape index (κ3) is 4.31. The fourth-order valence-corrected chi connectivity index (χ4v) is 2.77. The Hall–Kier alpha value is -1.35. The number of amides is 1. The van der Waals surface area contributed by atoms with Gasteiger partial charge in [0.2, 0.25) is 5.91 Å². The van der Waals surface area contributed by atoms with Crippen molar-refractivity contribution < 1.29 is 4.79 Å². The second kappa shape index (κ2) is 6.61. The normalized spacial score (nSPS) is 18.3. The first-order valence-corrected chi connectivity index (χ1v) is 7.99. The van der Waals surface area contributed by atoms with Gasteiger partial charge in [0, 0.05) is 5.92 Å². The summed E-state index contributed by atoms with van der Waals surface area (Å²) in [6.07, 6.45) is 1.89. The number of piperidine rings is 1. The Bertz CT molecular complexity index is 467. The summed E-state index contributed by atoms with van der Waals surface area (Å²) in [6, 6.07) is 8.67. The van der Waals surface area contributed by atoms with Gasteiger partial charge in [0.15, 0.2) is 0 Å². The number of benzene rings is 1. The molecule has 1 aromatic rings. The third-order valence-corrected chi connectivity index (χ3v) is 4.35. The van der Waals surface area contributed by atoms with E-state index in [0.29, 0.717) is 0 Å². The Morgan fingerprint density at radius 1 is 1.19 bits per heavy atom. The molecule has 0 radical (unpaired) electrons. The molecule has 0 spiro atoms. The maximum Gasteiger partial charge on any atom is 0.223 e. The molecule has 1 amide bonds. The fraction of sp³-hybridized carbons (Fsp3) is 0.611. The molecule has 2 rings (SSSR count). The lowest BCUT2D eigenvalue weighted by molar-refractivity contribution is -0.126. The van der Waals surface area contributed by atoms with Gasteiger partial charge in [0.05, 0.1) is 6.04 Å². The van der Waals surface area contributed by atoms with Crippen molar-refractivity contribution in [2.24, 2.45) is 5.92 Å². The van der Waals surface area contributed by atoms with Crippen LogP contribution in [-0.4, -0.2) is 19.0 Å². The first-order valence-electron chi connectivity index (χ1n) is 7.99. The van der Waals surface area contributed by atoms with Crippen LogP contribution in [0.2, 0.25) is 0 Å². The Labute approximate surface area is 128 Å². The van der Waals surface area contributed by atoms with Crippen LogP contribution in [-0.2, 0) is 10.2 Å². The number of carbonyl (C=O) groups is 1. The SMILES string of the molecule is CC(NC(=O)C1CCNCC1)c1ccc(C(C)(C)C)cc1. The van der Waals surface area contributed by atoms with Crippen molar-refractivity contribution >= 4 is 5.91 Å². The van der Waals surface area contributed by atoms with Crippen LogP contribution in [0.1, 0.15) is 57.7 Å². The van der Waals surface area contributed by atoms with Gasteiger partial charge in [0.1, 0.15) is 0 Å². The molecule has 3 nitrogen and oxygen atoms in total. The van der Waals surface area contributed by atoms with Crippen LogP contribution in [0, 0.1) is 5.92 Å². The maximum absolute atomic E-state index is 12.3. The summed E-state index contributed by atoms with van der Waals surface area (Å²) in [4.78, 5) is 12.3. The van der Waals surface area contributed by atoms with E-state index in [2.05, 4.69) is 62.6 Å². The summed E-state index contributed by atoms with van der Waals surface area (Å²) in [5, 5.41) is 6.45. The Morgan fingerprint density at radius 3 is 2.29 bits per heavy atom. The van der Waals surface area contributed by atoms with Crippen LogP contribution < -0.4 is 10.6 Å². The molecule has 1 aromatic carbocycles. The molecule has 0 bridgehead atoms. The monoisotopic (exact) mass is 288 g/mol. The van der Waals surface area contributed by atoms with Gasteiger partial charge in [-0.3, -0.25) is 4.79 Å². The molecule has 3 heteroatoms. The molecule has 21 heavy (non-hydrogen) atoms. The molecule has 116 valence electrons. The van der Waals surface area contributed by atoms with Crippen LogP contribution in [0.25, 0.3) is 0 Å². The van der Waals surface area contributed by atoms with Gasteiger partial charge >= 0.3 is 0 Å². The zero-order valence-electron chi connectivity index (χ0n) is 13.7. The molecule has 1 atom stereocenters. The van der Waals surface area contributed by atoms with E-state index in [4.69, 9.17) is 0 Å². The number of carbonyl (C=O) groups excluding carboxylic acids is 1. The molecule has 1 aliphatic rings. The quantitative estimate of drug-likeness (QED) is 0.897. The standard InChI is InChI=1S/C18H28N2O/c1-13(20-17(21)15-9-11-19-12-10-15)14-5-7-16(8-6-14)18(2,3)4/h5-8,13,15,19H,9-12H2,1-4H3,(H,20,21). The Balaban J connectivity index is 1.96. The van der Waals surface area contributed by atoms with Crippen molar-refractivity contribution in [2.75, 3.05) is 13.1 Å². The molecule has 0 saturated carbocycles. The lowest BCUT2D eigenvalue weighted by atomic mass is 9.86. The summed E-state index contributed by atoms with van der Waals surface area (Å²) in [5.41, 5.74) is 2.66. The Kier molecular flexibility index (Phi) is 5.04. The molecule has 2 N–H and O–H groups in total. The summed E-state index contributed by atoms with van der Waals surface area (Å²) in [5.74, 6) is 0.367. The second-order valence-corrected chi connectivity index (χ2v) is 7.13. The Morgan fingerprint density at radius 2 is 1.76 bits per heavy atom. The summed E-state index contributed by atoms with van der Waals surface area (Å²) >= 11 is 0. The minimum atomic E-state index is 0.0707. The van der Waals surface area contributed by atoms with Crippen molar-refractivity contribution in [3.8, 4) is 0 Å². The summed E-state index contributed by atoms with van der Waals surface area (Å²) in [7, 11) is 0. The molecular weight excluding hydrogens is 260 g/mol. The minimum absolute atomic E-state index is 0.0707. The van der Waals surface area contributed by atoms with Gasteiger partial charge in [-0.1, -0.05) is 45.0 Å². The van der Waals surface area contributed by atoms with E-state index >= 15 is 0 Å². The van der Waals surface area contributed by atoms with Gasteiger partial charge in [-0.25, -0.2) is 0 Å². The summed E-state index contributed by atoms with van der Waals surface area (Å²) in [6.45, 7) is 10.6. The number of hydrogen-bond donors (Lipinski definition) is 2. The molecule has 1 fully saturated rings. The second-order valence-electron chi connectivity index (χ2n) is 7.13. The van der Waals surface area contributed by atoms with Crippen molar-refractivity contribution in [1.29, 1.82) is 0 Å². The van der Waals surface area contributed by atoms with Crippen molar-refractivity contribution in [2.45, 2.75) is 52.0 Å². The molecule has 0 aliphatic carbocycles. The largest absolute Gasteiger partial charge is 0.349 e. The minimum Gasteiger partial charge on any atom is -0.349 e. The van der Waals surface area contributed by atoms with Crippen molar-refractivity contribution in [3.05, 3.63) is 35.4 Å². The van der Waals surface area contributed by atoms with Gasteiger partial charge < -0.3 is 10.6 Å². The van der Waals surface area contributed by atoms with Crippen LogP contribution in [0.3, 0.4) is 0 Å². The third-order valence-electron chi connectivity index (χ3n) is 4.35. The van der Waals surface area contributed by atoms with Crippen LogP contribution >= 0.6 is 0 Å². The van der Waals surface area contributed by atoms with Gasteiger partial charge in [-0.15, -0.1) is 0 Å². The van der Waals surface area contributed by atoms with Crippen molar-refractivity contribution in [3.63, 3.8) is 0 Å². The maximum atomic E-state index is 12.3. The lowest BCUT2D eigenvalue weighted by Gasteiger charge is -2.24. The fourth-order valence-electron chi connectivity index (χ4n) is 2.77. The highest BCUT2D eigenvalue weighted by Gasteiger charge is 2.22. The average molecular weight is 288 g/mol. The summed E-state index contributed by atoms with van der Waals surface area (Å²) < 4.78 is 0. The highest BCUT2D eigenvalue weighted by Crippen LogP contribution is 2.24. The van der Waals surface area contributed by atoms with Crippen LogP contribution in [0.5, 0.6) is 0 Å². The molecule has 1 heterocycles. The zero-order valence-corrected chi connectivity index (χ0v) is 13.7. The van der Waals surface area contributed by atoms with Gasteiger partial charge in [-0.05, 0) is 49.4 Å². The van der Waals surface area contributed by atoms with Crippen LogP contribution in [0.4, 0.5) is 0 Å². The van der Waals surface area contributed by atoms with Crippen LogP contribution in [0.15, 0.2) is 24.3 Å². The molecule has 1 aliphatic heterocycles. The predicted molar refractivity (Wildman–Crippen MR) is 87.3 cm³/mol. The average Bonchev–Trinajstić information content (AvgIpc) is 2.47. The van der Waals surface area contributed by atoms with E-state index in [1.54, 1.807) is 0 Å². The predicted octanol–water partition coefficient (Wildman–Crippen LogP) is 3.16. The zero-order chi connectivity index (χ0) is 15.5. The number of nitrogens with one attached hydrogen (secondary N) is 2. The molecule has 1 unspecified atom stereocenters. The van der Waals surface area contributed by atoms with Crippen molar-refractivity contribution in [1.82, 2.24) is 10.6 Å². The van der Waals surface area contributed by atoms with E-state index in [1.807, 2.05) is 0 Å². The highest BCUT2D eigenvalue weighted by atomic mass is 16.1. The molecule has 1 saturated heterocycles. The van der Waals surface area contributed by atoms with E-state index < -0.39 is 0 Å². The number of rotatable bonds is 3. The van der Waals surface area contributed by atoms with E-state index in [9.17, 15) is 4.79 Å². The number of hydrogen-bond acceptors (Lipinski definition) is 2. The lowest BCUT2D eigenvalue weighted by Crippen LogP contribution is -2.39. The van der Waals surface area contributed by atoms with E-state index in [-0.39, 0.29) is 23.3 Å². The molecule has 0 aromatic heterocycles. The first kappa shape index (κ1) is 16.0. The van der Waals surface area contributed by atoms with E-state index in [1.165, 1.54) is 11.1 Å². The molecular formula is C18H28N2O. The van der Waals surface area contributed by atoms with E-state index in [0.717, 1.165) is 25.9 Å².